The summed E-state index contributed by atoms with van der Waals surface area (Å²) in [6, 6.07) is 3.63. The Hall–Kier alpha value is -1.67. The van der Waals surface area contributed by atoms with Gasteiger partial charge in [-0.15, -0.1) is 0 Å². The van der Waals surface area contributed by atoms with Crippen LogP contribution in [0.5, 0.6) is 11.5 Å². The molecule has 0 amide bonds. The molecule has 2 aliphatic rings. The Morgan fingerprint density at radius 2 is 2.00 bits per heavy atom. The number of hydrogen-bond donors (Lipinski definition) is 0. The molecule has 7 nitrogen and oxygen atoms in total. The van der Waals surface area contributed by atoms with Crippen molar-refractivity contribution in [3.63, 3.8) is 0 Å². The molecule has 1 aromatic carbocycles. The van der Waals surface area contributed by atoms with Gasteiger partial charge in [0, 0.05) is 31.1 Å². The van der Waals surface area contributed by atoms with Gasteiger partial charge in [-0.05, 0) is 6.07 Å². The maximum Gasteiger partial charge on any atom is 0.163 e. The number of ether oxygens (including phenoxy) is 4. The smallest absolute Gasteiger partial charge is 0.163 e. The van der Waals surface area contributed by atoms with Crippen LogP contribution in [-0.4, -0.2) is 67.2 Å². The molecule has 3 heterocycles. The third-order valence-corrected chi connectivity index (χ3v) is 4.69. The molecule has 2 atom stereocenters. The molecule has 0 saturated carbocycles. The van der Waals surface area contributed by atoms with E-state index in [-0.39, 0.29) is 12.2 Å². The van der Waals surface area contributed by atoms with Crippen LogP contribution in [0.1, 0.15) is 0 Å². The van der Waals surface area contributed by atoms with Crippen molar-refractivity contribution in [3.8, 4) is 11.5 Å². The molecule has 0 radical (unpaired) electrons. The first-order valence-electron chi connectivity index (χ1n) is 7.81. The van der Waals surface area contributed by atoms with Crippen LogP contribution < -0.4 is 9.47 Å². The molecule has 1 aromatic heterocycles. The summed E-state index contributed by atoms with van der Waals surface area (Å²) in [5, 5.41) is 1.14. The highest BCUT2D eigenvalue weighted by atomic mass is 35.5. The Morgan fingerprint density at radius 3 is 2.75 bits per heavy atom. The molecule has 2 aliphatic heterocycles. The van der Waals surface area contributed by atoms with Gasteiger partial charge in [-0.25, -0.2) is 9.97 Å². The van der Waals surface area contributed by atoms with E-state index in [1.807, 2.05) is 6.07 Å². The Kier molecular flexibility index (Phi) is 4.41. The van der Waals surface area contributed by atoms with Crippen LogP contribution in [0.25, 0.3) is 10.9 Å². The number of halogens is 1. The van der Waals surface area contributed by atoms with E-state index in [4.69, 9.17) is 30.5 Å². The zero-order chi connectivity index (χ0) is 16.5. The molecule has 4 rings (SSSR count). The fourth-order valence-electron chi connectivity index (χ4n) is 3.12. The van der Waals surface area contributed by atoms with Crippen LogP contribution >= 0.6 is 11.6 Å². The van der Waals surface area contributed by atoms with E-state index in [0.717, 1.165) is 30.5 Å². The largest absolute Gasteiger partial charge is 0.493 e. The fraction of sp³-hybridized carbons (Fsp3) is 0.500. The first-order valence-corrected chi connectivity index (χ1v) is 8.19. The number of fused-ring (bicyclic) bond motifs is 2. The SMILES string of the molecule is COc1cc2c(Cl)ncnc2cc1OCCN1C[C@@H]2OCO[C@@H]2C1. The third kappa shape index (κ3) is 3.00. The standard InChI is InChI=1S/C16H18ClN3O4/c1-21-12-4-10-11(18-8-19-16(10)17)5-13(12)22-3-2-20-6-14-15(7-20)24-9-23-14/h4-5,8,14-15H,2-3,6-7,9H2,1H3/t14-,15+. The van der Waals surface area contributed by atoms with Gasteiger partial charge in [-0.3, -0.25) is 4.90 Å². The van der Waals surface area contributed by atoms with E-state index in [2.05, 4.69) is 14.9 Å². The highest BCUT2D eigenvalue weighted by Crippen LogP contribution is 2.33. The van der Waals surface area contributed by atoms with Crippen molar-refractivity contribution in [3.05, 3.63) is 23.6 Å². The van der Waals surface area contributed by atoms with Crippen molar-refractivity contribution in [1.82, 2.24) is 14.9 Å². The molecule has 0 unspecified atom stereocenters. The number of benzene rings is 1. The van der Waals surface area contributed by atoms with Crippen LogP contribution in [0.15, 0.2) is 18.5 Å². The molecule has 24 heavy (non-hydrogen) atoms. The van der Waals surface area contributed by atoms with E-state index >= 15 is 0 Å². The van der Waals surface area contributed by atoms with Gasteiger partial charge < -0.3 is 18.9 Å². The fourth-order valence-corrected chi connectivity index (χ4v) is 3.32. The average molecular weight is 352 g/mol. The summed E-state index contributed by atoms with van der Waals surface area (Å²) in [4.78, 5) is 10.5. The first kappa shape index (κ1) is 15.8. The quantitative estimate of drug-likeness (QED) is 0.760. The van der Waals surface area contributed by atoms with Crippen LogP contribution in [0.2, 0.25) is 5.15 Å². The minimum absolute atomic E-state index is 0.194. The number of likely N-dealkylation sites (tertiary alicyclic amines) is 1. The molecule has 0 N–H and O–H groups in total. The molecule has 8 heteroatoms. The molecule has 0 bridgehead atoms. The van der Waals surface area contributed by atoms with Crippen LogP contribution in [0.3, 0.4) is 0 Å². The third-order valence-electron chi connectivity index (χ3n) is 4.39. The Bertz CT molecular complexity index is 733. The van der Waals surface area contributed by atoms with Gasteiger partial charge in [0.25, 0.3) is 0 Å². The molecule has 2 fully saturated rings. The van der Waals surface area contributed by atoms with Crippen molar-refractivity contribution in [2.75, 3.05) is 40.1 Å². The number of hydrogen-bond acceptors (Lipinski definition) is 7. The second kappa shape index (κ2) is 6.68. The summed E-state index contributed by atoms with van der Waals surface area (Å²) in [5.41, 5.74) is 0.725. The van der Waals surface area contributed by atoms with E-state index in [1.165, 1.54) is 6.33 Å². The lowest BCUT2D eigenvalue weighted by atomic mass is 10.2. The topological polar surface area (TPSA) is 65.9 Å². The molecule has 128 valence electrons. The van der Waals surface area contributed by atoms with E-state index in [1.54, 1.807) is 13.2 Å². The Morgan fingerprint density at radius 1 is 1.21 bits per heavy atom. The second-order valence-corrected chi connectivity index (χ2v) is 6.18. The summed E-state index contributed by atoms with van der Waals surface area (Å²) in [6.45, 7) is 3.52. The number of methoxy groups -OCH3 is 1. The normalized spacial score (nSPS) is 23.6. The van der Waals surface area contributed by atoms with Gasteiger partial charge in [0.1, 0.15) is 37.1 Å². The average Bonchev–Trinajstić information content (AvgIpc) is 3.16. The van der Waals surface area contributed by atoms with Gasteiger partial charge >= 0.3 is 0 Å². The zero-order valence-corrected chi connectivity index (χ0v) is 14.0. The first-order chi connectivity index (χ1) is 11.7. The molecule has 0 aliphatic carbocycles. The Labute approximate surface area is 144 Å². The summed E-state index contributed by atoms with van der Waals surface area (Å²) in [6.07, 6.45) is 1.82. The van der Waals surface area contributed by atoms with Gasteiger partial charge in [0.2, 0.25) is 0 Å². The lowest BCUT2D eigenvalue weighted by Crippen LogP contribution is -2.28. The number of rotatable bonds is 5. The van der Waals surface area contributed by atoms with Crippen molar-refractivity contribution in [1.29, 1.82) is 0 Å². The van der Waals surface area contributed by atoms with E-state index in [0.29, 0.717) is 30.1 Å². The summed E-state index contributed by atoms with van der Waals surface area (Å²) in [7, 11) is 1.60. The van der Waals surface area contributed by atoms with E-state index < -0.39 is 0 Å². The summed E-state index contributed by atoms with van der Waals surface area (Å²) in [5.74, 6) is 1.26. The molecular formula is C16H18ClN3O4. The van der Waals surface area contributed by atoms with Gasteiger partial charge in [0.05, 0.1) is 12.6 Å². The van der Waals surface area contributed by atoms with Crippen molar-refractivity contribution < 1.29 is 18.9 Å². The van der Waals surface area contributed by atoms with E-state index in [9.17, 15) is 0 Å². The molecule has 2 aromatic rings. The summed E-state index contributed by atoms with van der Waals surface area (Å²) < 4.78 is 22.3. The maximum atomic E-state index is 6.10. The number of nitrogens with zero attached hydrogens (tertiary/aromatic N) is 3. The van der Waals surface area contributed by atoms with Crippen LogP contribution in [-0.2, 0) is 9.47 Å². The second-order valence-electron chi connectivity index (χ2n) is 5.82. The van der Waals surface area contributed by atoms with Crippen molar-refractivity contribution >= 4 is 22.5 Å². The van der Waals surface area contributed by atoms with Crippen molar-refractivity contribution in [2.45, 2.75) is 12.2 Å². The maximum absolute atomic E-state index is 6.10. The lowest BCUT2D eigenvalue weighted by Gasteiger charge is -2.17. The lowest BCUT2D eigenvalue weighted by molar-refractivity contribution is 0.0140. The van der Waals surface area contributed by atoms with Crippen LogP contribution in [0, 0.1) is 0 Å². The van der Waals surface area contributed by atoms with Crippen molar-refractivity contribution in [2.24, 2.45) is 0 Å². The zero-order valence-electron chi connectivity index (χ0n) is 13.3. The minimum atomic E-state index is 0.194. The monoisotopic (exact) mass is 351 g/mol. The summed E-state index contributed by atoms with van der Waals surface area (Å²) >= 11 is 6.10. The highest BCUT2D eigenvalue weighted by molar-refractivity contribution is 6.34. The van der Waals surface area contributed by atoms with Gasteiger partial charge in [-0.2, -0.15) is 0 Å². The van der Waals surface area contributed by atoms with Gasteiger partial charge in [-0.1, -0.05) is 11.6 Å². The number of aromatic nitrogens is 2. The van der Waals surface area contributed by atoms with Gasteiger partial charge in [0.15, 0.2) is 11.5 Å². The highest BCUT2D eigenvalue weighted by Gasteiger charge is 2.38. The predicted octanol–water partition coefficient (Wildman–Crippen LogP) is 1.73. The predicted molar refractivity (Wildman–Crippen MR) is 87.6 cm³/mol. The molecular weight excluding hydrogens is 334 g/mol. The van der Waals surface area contributed by atoms with Crippen LogP contribution in [0.4, 0.5) is 0 Å². The Balaban J connectivity index is 1.42. The minimum Gasteiger partial charge on any atom is -0.493 e. The molecule has 2 saturated heterocycles. The molecule has 0 spiro atoms.